The number of hydrogen-bond donors (Lipinski definition) is 2. The summed E-state index contributed by atoms with van der Waals surface area (Å²) in [6, 6.07) is 10.4. The standard InChI is InChI=1S/C24H28FN3O6S/c1-24(2,3)34-23(30)26-17-10-9-16-11-19(33-14-15-7-5-4-6-8-15)22(21(25)18(16)12-17)28-13-20(29)27-35(28,31)32/h4-8,11,17H,9-10,12-14H2,1-3H3,(H,26,30)(H,27,29)/t17-/m1/s1. The number of aryl methyl sites for hydroxylation is 1. The molecule has 2 aliphatic rings. The van der Waals surface area contributed by atoms with Crippen LogP contribution >= 0.6 is 0 Å². The Kier molecular flexibility index (Phi) is 6.63. The predicted molar refractivity (Wildman–Crippen MR) is 127 cm³/mol. The van der Waals surface area contributed by atoms with Crippen LogP contribution in [0.25, 0.3) is 0 Å². The molecule has 0 unspecified atom stereocenters. The van der Waals surface area contributed by atoms with Gasteiger partial charge in [-0.3, -0.25) is 4.79 Å². The van der Waals surface area contributed by atoms with Crippen molar-refractivity contribution in [3.05, 3.63) is 58.9 Å². The molecule has 0 aromatic heterocycles. The first-order valence-corrected chi connectivity index (χ1v) is 12.7. The molecule has 2 aromatic carbocycles. The average Bonchev–Trinajstić information content (AvgIpc) is 3.03. The van der Waals surface area contributed by atoms with Crippen LogP contribution in [0.3, 0.4) is 0 Å². The summed E-state index contributed by atoms with van der Waals surface area (Å²) in [6.45, 7) is 4.77. The Morgan fingerprint density at radius 2 is 1.97 bits per heavy atom. The minimum atomic E-state index is -4.27. The first-order chi connectivity index (χ1) is 16.4. The van der Waals surface area contributed by atoms with Crippen molar-refractivity contribution in [3.63, 3.8) is 0 Å². The van der Waals surface area contributed by atoms with Gasteiger partial charge < -0.3 is 14.8 Å². The number of fused-ring (bicyclic) bond motifs is 1. The number of hydrogen-bond acceptors (Lipinski definition) is 6. The molecule has 0 bridgehead atoms. The van der Waals surface area contributed by atoms with Gasteiger partial charge in [-0.1, -0.05) is 30.3 Å². The van der Waals surface area contributed by atoms with Crippen LogP contribution in [-0.4, -0.2) is 38.6 Å². The third-order valence-corrected chi connectivity index (χ3v) is 7.02. The van der Waals surface area contributed by atoms with Gasteiger partial charge in [-0.05, 0) is 62.8 Å². The summed E-state index contributed by atoms with van der Waals surface area (Å²) in [7, 11) is -4.27. The molecule has 1 fully saturated rings. The minimum absolute atomic E-state index is 0.0312. The maximum absolute atomic E-state index is 16.0. The molecule has 1 atom stereocenters. The van der Waals surface area contributed by atoms with E-state index < -0.39 is 46.2 Å². The van der Waals surface area contributed by atoms with Gasteiger partial charge in [0.25, 0.3) is 5.91 Å². The van der Waals surface area contributed by atoms with Gasteiger partial charge in [-0.2, -0.15) is 8.42 Å². The first kappa shape index (κ1) is 24.8. The van der Waals surface area contributed by atoms with Crippen LogP contribution in [0.1, 0.15) is 43.9 Å². The monoisotopic (exact) mass is 505 g/mol. The Bertz CT molecular complexity index is 1240. The van der Waals surface area contributed by atoms with Gasteiger partial charge >= 0.3 is 16.3 Å². The van der Waals surface area contributed by atoms with E-state index in [0.29, 0.717) is 22.7 Å². The number of carbonyl (C=O) groups is 2. The third kappa shape index (κ3) is 5.67. The van der Waals surface area contributed by atoms with Crippen molar-refractivity contribution in [1.29, 1.82) is 0 Å². The van der Waals surface area contributed by atoms with Gasteiger partial charge in [-0.25, -0.2) is 18.2 Å². The van der Waals surface area contributed by atoms with E-state index in [1.54, 1.807) is 26.8 Å². The van der Waals surface area contributed by atoms with Gasteiger partial charge in [0, 0.05) is 6.04 Å². The highest BCUT2D eigenvalue weighted by Crippen LogP contribution is 2.40. The zero-order valence-corrected chi connectivity index (χ0v) is 20.6. The summed E-state index contributed by atoms with van der Waals surface area (Å²) >= 11 is 0. The molecule has 35 heavy (non-hydrogen) atoms. The van der Waals surface area contributed by atoms with E-state index in [-0.39, 0.29) is 30.0 Å². The van der Waals surface area contributed by atoms with E-state index in [1.807, 2.05) is 35.1 Å². The molecule has 0 spiro atoms. The van der Waals surface area contributed by atoms with Crippen LogP contribution in [0.15, 0.2) is 36.4 Å². The van der Waals surface area contributed by atoms with Crippen LogP contribution in [-0.2, 0) is 39.2 Å². The summed E-state index contributed by atoms with van der Waals surface area (Å²) in [4.78, 5) is 24.1. The van der Waals surface area contributed by atoms with Crippen molar-refractivity contribution in [2.24, 2.45) is 0 Å². The highest BCUT2D eigenvalue weighted by Gasteiger charge is 2.39. The lowest BCUT2D eigenvalue weighted by Gasteiger charge is -2.30. The number of nitrogens with one attached hydrogen (secondary N) is 2. The molecule has 0 saturated carbocycles. The molecule has 0 radical (unpaired) electrons. The Morgan fingerprint density at radius 3 is 2.60 bits per heavy atom. The fourth-order valence-corrected chi connectivity index (χ4v) is 5.31. The van der Waals surface area contributed by atoms with E-state index in [2.05, 4.69) is 5.32 Å². The van der Waals surface area contributed by atoms with Crippen LogP contribution < -0.4 is 19.1 Å². The van der Waals surface area contributed by atoms with Crippen molar-refractivity contribution in [2.45, 2.75) is 58.3 Å². The first-order valence-electron chi connectivity index (χ1n) is 11.3. The SMILES string of the molecule is CC(C)(C)OC(=O)N[C@@H]1CCc2cc(OCc3ccccc3)c(N3CC(=O)NS3(=O)=O)c(F)c2C1. The third-order valence-electron chi connectivity index (χ3n) is 5.64. The van der Waals surface area contributed by atoms with E-state index in [4.69, 9.17) is 9.47 Å². The summed E-state index contributed by atoms with van der Waals surface area (Å²) in [5.41, 5.74) is 0.748. The lowest BCUT2D eigenvalue weighted by molar-refractivity contribution is -0.117. The zero-order valence-electron chi connectivity index (χ0n) is 19.8. The van der Waals surface area contributed by atoms with E-state index in [0.717, 1.165) is 5.56 Å². The smallest absolute Gasteiger partial charge is 0.407 e. The summed E-state index contributed by atoms with van der Waals surface area (Å²) in [5.74, 6) is -1.52. The Balaban J connectivity index is 1.67. The molecule has 1 saturated heterocycles. The molecular weight excluding hydrogens is 477 g/mol. The molecule has 2 amide bonds. The lowest BCUT2D eigenvalue weighted by Crippen LogP contribution is -2.42. The number of nitrogens with zero attached hydrogens (tertiary/aromatic N) is 1. The highest BCUT2D eigenvalue weighted by atomic mass is 32.2. The van der Waals surface area contributed by atoms with Gasteiger partial charge in [0.15, 0.2) is 5.82 Å². The number of halogens is 1. The number of carbonyl (C=O) groups excluding carboxylic acids is 2. The molecular formula is C24H28FN3O6S. The number of alkyl carbamates (subject to hydrolysis) is 1. The largest absolute Gasteiger partial charge is 0.487 e. The number of amides is 2. The van der Waals surface area contributed by atoms with E-state index in [9.17, 15) is 18.0 Å². The van der Waals surface area contributed by atoms with Crippen LogP contribution in [0.5, 0.6) is 5.75 Å². The molecule has 2 N–H and O–H groups in total. The zero-order chi connectivity index (χ0) is 25.4. The number of ether oxygens (including phenoxy) is 2. The maximum Gasteiger partial charge on any atom is 0.407 e. The van der Waals surface area contributed by atoms with Crippen molar-refractivity contribution in [2.75, 3.05) is 10.8 Å². The molecule has 1 aliphatic heterocycles. The van der Waals surface area contributed by atoms with Gasteiger partial charge in [-0.15, -0.1) is 0 Å². The van der Waals surface area contributed by atoms with Crippen molar-refractivity contribution < 1.29 is 31.9 Å². The van der Waals surface area contributed by atoms with Crippen molar-refractivity contribution in [3.8, 4) is 5.75 Å². The fraction of sp³-hybridized carbons (Fsp3) is 0.417. The minimum Gasteiger partial charge on any atom is -0.487 e. The Labute approximate surface area is 203 Å². The number of rotatable bonds is 5. The van der Waals surface area contributed by atoms with Crippen molar-refractivity contribution >= 4 is 27.9 Å². The normalized spacial score (nSPS) is 19.0. The molecule has 188 valence electrons. The summed E-state index contributed by atoms with van der Waals surface area (Å²) in [5, 5.41) is 2.76. The molecule has 4 rings (SSSR count). The van der Waals surface area contributed by atoms with Gasteiger partial charge in [0.1, 0.15) is 30.2 Å². The summed E-state index contributed by atoms with van der Waals surface area (Å²) in [6.07, 6.45) is 0.525. The predicted octanol–water partition coefficient (Wildman–Crippen LogP) is 2.97. The Morgan fingerprint density at radius 1 is 1.26 bits per heavy atom. The van der Waals surface area contributed by atoms with Gasteiger partial charge in [0.05, 0.1) is 0 Å². The second kappa shape index (κ2) is 9.37. The molecule has 9 nitrogen and oxygen atoms in total. The molecule has 1 heterocycles. The lowest BCUT2D eigenvalue weighted by atomic mass is 9.87. The van der Waals surface area contributed by atoms with E-state index >= 15 is 4.39 Å². The van der Waals surface area contributed by atoms with Crippen molar-refractivity contribution in [1.82, 2.24) is 10.0 Å². The average molecular weight is 506 g/mol. The quantitative estimate of drug-likeness (QED) is 0.646. The van der Waals surface area contributed by atoms with Gasteiger partial charge in [0.2, 0.25) is 0 Å². The fourth-order valence-electron chi connectivity index (χ4n) is 4.15. The second-order valence-electron chi connectivity index (χ2n) is 9.57. The molecule has 1 aliphatic carbocycles. The van der Waals surface area contributed by atoms with Crippen LogP contribution in [0.4, 0.5) is 14.9 Å². The Hall–Kier alpha value is -3.34. The van der Waals surface area contributed by atoms with Crippen LogP contribution in [0.2, 0.25) is 0 Å². The topological polar surface area (TPSA) is 114 Å². The highest BCUT2D eigenvalue weighted by molar-refractivity contribution is 7.92. The van der Waals surface area contributed by atoms with Crippen LogP contribution in [0, 0.1) is 5.82 Å². The summed E-state index contributed by atoms with van der Waals surface area (Å²) < 4.78 is 54.8. The molecule has 11 heteroatoms. The second-order valence-corrected chi connectivity index (χ2v) is 11.2. The number of anilines is 1. The molecule has 2 aromatic rings. The maximum atomic E-state index is 16.0. The van der Waals surface area contributed by atoms with E-state index in [1.165, 1.54) is 0 Å². The number of benzene rings is 2.